The lowest BCUT2D eigenvalue weighted by Gasteiger charge is -2.29. The third-order valence-electron chi connectivity index (χ3n) is 4.24. The summed E-state index contributed by atoms with van der Waals surface area (Å²) in [5.74, 6) is 0.994. The molecule has 4 nitrogen and oxygen atoms in total. The molecule has 4 heteroatoms. The van der Waals surface area contributed by atoms with E-state index in [0.717, 1.165) is 30.9 Å². The summed E-state index contributed by atoms with van der Waals surface area (Å²) in [4.78, 5) is 14.4. The first-order valence-corrected chi connectivity index (χ1v) is 7.99. The van der Waals surface area contributed by atoms with E-state index in [-0.39, 0.29) is 5.91 Å². The maximum atomic E-state index is 12.4. The summed E-state index contributed by atoms with van der Waals surface area (Å²) in [6.07, 6.45) is 1.43. The molecular formula is C19H22N2O2. The van der Waals surface area contributed by atoms with Crippen molar-refractivity contribution in [3.05, 3.63) is 59.7 Å². The first kappa shape index (κ1) is 15.4. The Kier molecular flexibility index (Phi) is 4.81. The van der Waals surface area contributed by atoms with Gasteiger partial charge in [-0.15, -0.1) is 0 Å². The van der Waals surface area contributed by atoms with Crippen molar-refractivity contribution in [2.75, 3.05) is 25.5 Å². The van der Waals surface area contributed by atoms with E-state index in [2.05, 4.69) is 23.5 Å². The van der Waals surface area contributed by atoms with E-state index >= 15 is 0 Å². The van der Waals surface area contributed by atoms with Crippen LogP contribution in [-0.2, 0) is 17.8 Å². The molecule has 2 aromatic rings. The second-order valence-corrected chi connectivity index (χ2v) is 5.71. The maximum absolute atomic E-state index is 12.4. The fourth-order valence-corrected chi connectivity index (χ4v) is 2.96. The van der Waals surface area contributed by atoms with Crippen LogP contribution in [0.5, 0.6) is 5.75 Å². The number of amides is 1. The summed E-state index contributed by atoms with van der Waals surface area (Å²) in [5, 5.41) is 3.28. The number of hydrogen-bond donors (Lipinski definition) is 1. The van der Waals surface area contributed by atoms with Gasteiger partial charge in [-0.2, -0.15) is 0 Å². The molecule has 0 bridgehead atoms. The molecular weight excluding hydrogens is 288 g/mol. The second-order valence-electron chi connectivity index (χ2n) is 5.71. The van der Waals surface area contributed by atoms with Crippen molar-refractivity contribution in [2.24, 2.45) is 0 Å². The third-order valence-corrected chi connectivity index (χ3v) is 4.24. The van der Waals surface area contributed by atoms with Crippen molar-refractivity contribution in [3.8, 4) is 5.75 Å². The van der Waals surface area contributed by atoms with Crippen LogP contribution in [0.4, 0.5) is 5.69 Å². The lowest BCUT2D eigenvalue weighted by Crippen LogP contribution is -2.36. The van der Waals surface area contributed by atoms with Crippen molar-refractivity contribution in [1.82, 2.24) is 4.90 Å². The molecule has 1 aliphatic heterocycles. The molecule has 0 aromatic heterocycles. The summed E-state index contributed by atoms with van der Waals surface area (Å²) in [6.45, 7) is 2.14. The summed E-state index contributed by atoms with van der Waals surface area (Å²) in [5.41, 5.74) is 3.56. The minimum Gasteiger partial charge on any atom is -0.495 e. The molecule has 0 saturated carbocycles. The molecule has 1 amide bonds. The summed E-state index contributed by atoms with van der Waals surface area (Å²) in [6, 6.07) is 16.1. The van der Waals surface area contributed by atoms with Gasteiger partial charge in [0.15, 0.2) is 0 Å². The van der Waals surface area contributed by atoms with Gasteiger partial charge >= 0.3 is 0 Å². The van der Waals surface area contributed by atoms with E-state index in [4.69, 9.17) is 4.74 Å². The van der Waals surface area contributed by atoms with Crippen molar-refractivity contribution in [3.63, 3.8) is 0 Å². The third kappa shape index (κ3) is 3.65. The van der Waals surface area contributed by atoms with Gasteiger partial charge in [0.1, 0.15) is 5.75 Å². The highest BCUT2D eigenvalue weighted by molar-refractivity contribution is 5.77. The molecule has 0 atom stereocenters. The molecule has 120 valence electrons. The second kappa shape index (κ2) is 7.18. The van der Waals surface area contributed by atoms with Gasteiger partial charge in [0, 0.05) is 26.1 Å². The molecule has 0 aliphatic carbocycles. The Morgan fingerprint density at radius 3 is 2.70 bits per heavy atom. The fraction of sp³-hybridized carbons (Fsp3) is 0.316. The number of fused-ring (bicyclic) bond motifs is 1. The van der Waals surface area contributed by atoms with Crippen molar-refractivity contribution in [1.29, 1.82) is 0 Å². The topological polar surface area (TPSA) is 41.6 Å². The molecule has 2 aromatic carbocycles. The average Bonchev–Trinajstić information content (AvgIpc) is 2.61. The number of ether oxygens (including phenoxy) is 1. The lowest BCUT2D eigenvalue weighted by molar-refractivity contribution is -0.131. The van der Waals surface area contributed by atoms with Crippen molar-refractivity contribution < 1.29 is 9.53 Å². The van der Waals surface area contributed by atoms with Crippen LogP contribution in [0.25, 0.3) is 0 Å². The Morgan fingerprint density at radius 1 is 1.13 bits per heavy atom. The van der Waals surface area contributed by atoms with E-state index < -0.39 is 0 Å². The number of anilines is 1. The first-order valence-electron chi connectivity index (χ1n) is 7.99. The van der Waals surface area contributed by atoms with Gasteiger partial charge in [-0.3, -0.25) is 4.79 Å². The summed E-state index contributed by atoms with van der Waals surface area (Å²) in [7, 11) is 1.65. The number of carbonyl (C=O) groups is 1. The largest absolute Gasteiger partial charge is 0.495 e. The van der Waals surface area contributed by atoms with Gasteiger partial charge in [0.2, 0.25) is 5.91 Å². The normalized spacial score (nSPS) is 13.3. The van der Waals surface area contributed by atoms with Crippen LogP contribution in [0, 0.1) is 0 Å². The average molecular weight is 310 g/mol. The Bertz CT molecular complexity index is 685. The van der Waals surface area contributed by atoms with Crippen LogP contribution in [0.2, 0.25) is 0 Å². The Hall–Kier alpha value is -2.49. The zero-order valence-electron chi connectivity index (χ0n) is 13.4. The molecule has 1 N–H and O–H groups in total. The number of carbonyl (C=O) groups excluding carboxylic acids is 1. The molecule has 0 unspecified atom stereocenters. The van der Waals surface area contributed by atoms with Crippen LogP contribution in [0.3, 0.4) is 0 Å². The lowest BCUT2D eigenvalue weighted by atomic mass is 10.00. The zero-order valence-corrected chi connectivity index (χ0v) is 13.4. The fourth-order valence-electron chi connectivity index (χ4n) is 2.96. The van der Waals surface area contributed by atoms with Gasteiger partial charge in [-0.05, 0) is 29.7 Å². The molecule has 23 heavy (non-hydrogen) atoms. The maximum Gasteiger partial charge on any atom is 0.224 e. The number of benzene rings is 2. The minimum absolute atomic E-state index is 0.196. The Labute approximate surface area is 137 Å². The number of methoxy groups -OCH3 is 1. The Balaban J connectivity index is 1.52. The molecule has 3 rings (SSSR count). The molecule has 1 heterocycles. The van der Waals surface area contributed by atoms with Crippen molar-refractivity contribution in [2.45, 2.75) is 19.4 Å². The predicted molar refractivity (Wildman–Crippen MR) is 91.7 cm³/mol. The predicted octanol–water partition coefficient (Wildman–Crippen LogP) is 3.08. The van der Waals surface area contributed by atoms with Gasteiger partial charge in [0.25, 0.3) is 0 Å². The van der Waals surface area contributed by atoms with Crippen LogP contribution < -0.4 is 10.1 Å². The monoisotopic (exact) mass is 310 g/mol. The van der Waals surface area contributed by atoms with Crippen LogP contribution >= 0.6 is 0 Å². The Morgan fingerprint density at radius 2 is 1.87 bits per heavy atom. The van der Waals surface area contributed by atoms with Gasteiger partial charge in [-0.1, -0.05) is 36.4 Å². The van der Waals surface area contributed by atoms with E-state index in [1.54, 1.807) is 7.11 Å². The highest BCUT2D eigenvalue weighted by Crippen LogP contribution is 2.23. The van der Waals surface area contributed by atoms with Crippen LogP contribution in [0.1, 0.15) is 17.5 Å². The van der Waals surface area contributed by atoms with E-state index in [1.165, 1.54) is 11.1 Å². The summed E-state index contributed by atoms with van der Waals surface area (Å²) < 4.78 is 5.30. The molecule has 0 spiro atoms. The quantitative estimate of drug-likeness (QED) is 0.923. The first-order chi connectivity index (χ1) is 11.3. The van der Waals surface area contributed by atoms with Crippen LogP contribution in [0.15, 0.2) is 48.5 Å². The zero-order chi connectivity index (χ0) is 16.1. The number of nitrogens with zero attached hydrogens (tertiary/aromatic N) is 1. The molecule has 0 saturated heterocycles. The summed E-state index contributed by atoms with van der Waals surface area (Å²) >= 11 is 0. The minimum atomic E-state index is 0.196. The van der Waals surface area contributed by atoms with Crippen LogP contribution in [-0.4, -0.2) is 31.0 Å². The smallest absolute Gasteiger partial charge is 0.224 e. The van der Waals surface area contributed by atoms with Gasteiger partial charge in [-0.25, -0.2) is 0 Å². The van der Waals surface area contributed by atoms with E-state index in [9.17, 15) is 4.79 Å². The van der Waals surface area contributed by atoms with E-state index in [0.29, 0.717) is 13.0 Å². The van der Waals surface area contributed by atoms with E-state index in [1.807, 2.05) is 35.2 Å². The van der Waals surface area contributed by atoms with Gasteiger partial charge < -0.3 is 15.0 Å². The number of para-hydroxylation sites is 2. The SMILES string of the molecule is COc1ccccc1NCCC(=O)N1CCc2ccccc2C1. The highest BCUT2D eigenvalue weighted by Gasteiger charge is 2.19. The molecule has 0 fully saturated rings. The van der Waals surface area contributed by atoms with Crippen molar-refractivity contribution >= 4 is 11.6 Å². The molecule has 0 radical (unpaired) electrons. The number of rotatable bonds is 5. The highest BCUT2D eigenvalue weighted by atomic mass is 16.5. The standard InChI is InChI=1S/C19H22N2O2/c1-23-18-9-5-4-8-17(18)20-12-10-19(22)21-13-11-15-6-2-3-7-16(15)14-21/h2-9,20H,10-14H2,1H3. The molecule has 1 aliphatic rings. The number of hydrogen-bond acceptors (Lipinski definition) is 3. The number of nitrogens with one attached hydrogen (secondary N) is 1. The van der Waals surface area contributed by atoms with Gasteiger partial charge in [0.05, 0.1) is 12.8 Å².